The quantitative estimate of drug-likeness (QED) is 0.798. The van der Waals surface area contributed by atoms with E-state index in [2.05, 4.69) is 40.2 Å². The molecular formula is C15H16N4S. The van der Waals surface area contributed by atoms with E-state index in [0.29, 0.717) is 6.54 Å². The maximum atomic E-state index is 4.54. The van der Waals surface area contributed by atoms with Crippen molar-refractivity contribution in [2.75, 3.05) is 5.32 Å². The molecule has 102 valence electrons. The van der Waals surface area contributed by atoms with Crippen LogP contribution in [0.1, 0.15) is 21.1 Å². The Morgan fingerprint density at radius 1 is 1.15 bits per heavy atom. The van der Waals surface area contributed by atoms with Gasteiger partial charge < -0.3 is 5.32 Å². The summed E-state index contributed by atoms with van der Waals surface area (Å²) >= 11 is 1.73. The van der Waals surface area contributed by atoms with Crippen LogP contribution >= 0.6 is 11.3 Å². The van der Waals surface area contributed by atoms with Crippen LogP contribution < -0.4 is 5.32 Å². The van der Waals surface area contributed by atoms with E-state index in [0.717, 1.165) is 27.4 Å². The summed E-state index contributed by atoms with van der Waals surface area (Å²) in [7, 11) is 0. The maximum Gasteiger partial charge on any atom is 0.137 e. The fourth-order valence-corrected chi connectivity index (χ4v) is 3.15. The lowest BCUT2D eigenvalue weighted by atomic mass is 10.1. The van der Waals surface area contributed by atoms with Crippen molar-refractivity contribution in [3.05, 3.63) is 45.7 Å². The van der Waals surface area contributed by atoms with Crippen molar-refractivity contribution in [1.29, 1.82) is 0 Å². The predicted molar refractivity (Wildman–Crippen MR) is 83.2 cm³/mol. The Balaban J connectivity index is 1.93. The monoisotopic (exact) mass is 284 g/mol. The van der Waals surface area contributed by atoms with Crippen molar-refractivity contribution >= 4 is 28.1 Å². The van der Waals surface area contributed by atoms with Crippen LogP contribution in [0.4, 0.5) is 5.82 Å². The number of fused-ring (bicyclic) bond motifs is 1. The molecule has 0 radical (unpaired) electrons. The normalized spacial score (nSPS) is 10.9. The summed E-state index contributed by atoms with van der Waals surface area (Å²) in [6.45, 7) is 6.90. The molecule has 2 heterocycles. The average Bonchev–Trinajstić information content (AvgIpc) is 2.75. The highest BCUT2D eigenvalue weighted by Crippen LogP contribution is 2.24. The van der Waals surface area contributed by atoms with Crippen LogP contribution in [-0.4, -0.2) is 15.0 Å². The Morgan fingerprint density at radius 2 is 2.00 bits per heavy atom. The molecule has 1 aromatic carbocycles. The third-order valence-electron chi connectivity index (χ3n) is 3.29. The Labute approximate surface area is 121 Å². The first-order valence-electron chi connectivity index (χ1n) is 6.52. The summed E-state index contributed by atoms with van der Waals surface area (Å²) in [4.78, 5) is 14.5. The number of hydrogen-bond acceptors (Lipinski definition) is 5. The van der Waals surface area contributed by atoms with Crippen molar-refractivity contribution in [3.8, 4) is 0 Å². The minimum atomic E-state index is 0.691. The molecule has 0 amide bonds. The lowest BCUT2D eigenvalue weighted by Gasteiger charge is -2.09. The number of thiazole rings is 1. The van der Waals surface area contributed by atoms with Gasteiger partial charge in [-0.3, -0.25) is 0 Å². The van der Waals surface area contributed by atoms with Crippen LogP contribution in [0.3, 0.4) is 0 Å². The largest absolute Gasteiger partial charge is 0.364 e. The van der Waals surface area contributed by atoms with E-state index in [1.807, 2.05) is 19.1 Å². The molecule has 4 nitrogen and oxygen atoms in total. The van der Waals surface area contributed by atoms with E-state index in [4.69, 9.17) is 0 Å². The van der Waals surface area contributed by atoms with E-state index in [9.17, 15) is 0 Å². The molecule has 3 aromatic rings. The molecule has 0 fully saturated rings. The molecule has 0 saturated heterocycles. The predicted octanol–water partition coefficient (Wildman–Crippen LogP) is 3.62. The summed E-state index contributed by atoms with van der Waals surface area (Å²) in [5.41, 5.74) is 3.23. The van der Waals surface area contributed by atoms with Crippen molar-refractivity contribution in [3.63, 3.8) is 0 Å². The SMILES string of the molecule is Cc1nc(CNc2ncnc3cccc(C)c23)c(C)s1. The molecule has 0 unspecified atom stereocenters. The topological polar surface area (TPSA) is 50.7 Å². The molecule has 0 bridgehead atoms. The molecule has 0 aliphatic carbocycles. The van der Waals surface area contributed by atoms with E-state index < -0.39 is 0 Å². The number of aromatic nitrogens is 3. The summed E-state index contributed by atoms with van der Waals surface area (Å²) in [6, 6.07) is 6.10. The van der Waals surface area contributed by atoms with Gasteiger partial charge in [-0.1, -0.05) is 12.1 Å². The van der Waals surface area contributed by atoms with E-state index in [1.54, 1.807) is 17.7 Å². The second-order valence-electron chi connectivity index (χ2n) is 4.78. The highest BCUT2D eigenvalue weighted by Gasteiger charge is 2.08. The van der Waals surface area contributed by atoms with Gasteiger partial charge >= 0.3 is 0 Å². The Kier molecular flexibility index (Phi) is 3.36. The summed E-state index contributed by atoms with van der Waals surface area (Å²) < 4.78 is 0. The van der Waals surface area contributed by atoms with E-state index >= 15 is 0 Å². The molecule has 0 atom stereocenters. The van der Waals surface area contributed by atoms with Gasteiger partial charge in [0.1, 0.15) is 12.1 Å². The number of nitrogens with zero attached hydrogens (tertiary/aromatic N) is 3. The number of anilines is 1. The summed E-state index contributed by atoms with van der Waals surface area (Å²) in [5.74, 6) is 0.873. The molecule has 2 aromatic heterocycles. The van der Waals surface area contributed by atoms with Crippen LogP contribution in [0, 0.1) is 20.8 Å². The zero-order valence-electron chi connectivity index (χ0n) is 11.8. The molecule has 3 rings (SSSR count). The van der Waals surface area contributed by atoms with Crippen LogP contribution in [0.15, 0.2) is 24.5 Å². The second kappa shape index (κ2) is 5.17. The van der Waals surface area contributed by atoms with Crippen LogP contribution in [0.5, 0.6) is 0 Å². The molecule has 5 heteroatoms. The van der Waals surface area contributed by atoms with Gasteiger partial charge in [0.05, 0.1) is 22.8 Å². The highest BCUT2D eigenvalue weighted by molar-refractivity contribution is 7.11. The fraction of sp³-hybridized carbons (Fsp3) is 0.267. The van der Waals surface area contributed by atoms with Crippen LogP contribution in [-0.2, 0) is 6.54 Å². The lowest BCUT2D eigenvalue weighted by Crippen LogP contribution is -2.04. The van der Waals surface area contributed by atoms with Crippen LogP contribution in [0.25, 0.3) is 10.9 Å². The standard InChI is InChI=1S/C15H16N4S/c1-9-5-4-6-12-14(9)15(18-8-17-12)16-7-13-10(2)20-11(3)19-13/h4-6,8H,7H2,1-3H3,(H,16,17,18). The van der Waals surface area contributed by atoms with Gasteiger partial charge in [0, 0.05) is 10.3 Å². The highest BCUT2D eigenvalue weighted by atomic mass is 32.1. The molecule has 0 aliphatic rings. The van der Waals surface area contributed by atoms with Crippen molar-refractivity contribution < 1.29 is 0 Å². The van der Waals surface area contributed by atoms with Crippen molar-refractivity contribution in [1.82, 2.24) is 15.0 Å². The number of rotatable bonds is 3. The number of benzene rings is 1. The van der Waals surface area contributed by atoms with Gasteiger partial charge in [0.25, 0.3) is 0 Å². The second-order valence-corrected chi connectivity index (χ2v) is 6.19. The molecule has 0 aliphatic heterocycles. The van der Waals surface area contributed by atoms with Crippen molar-refractivity contribution in [2.24, 2.45) is 0 Å². The summed E-state index contributed by atoms with van der Waals surface area (Å²) in [6.07, 6.45) is 1.60. The Morgan fingerprint density at radius 3 is 2.75 bits per heavy atom. The maximum absolute atomic E-state index is 4.54. The molecule has 0 spiro atoms. The molecule has 0 saturated carbocycles. The Bertz CT molecular complexity index is 758. The van der Waals surface area contributed by atoms with Crippen LogP contribution in [0.2, 0.25) is 0 Å². The number of aryl methyl sites for hydroxylation is 3. The minimum absolute atomic E-state index is 0.691. The average molecular weight is 284 g/mol. The lowest BCUT2D eigenvalue weighted by molar-refractivity contribution is 1.02. The minimum Gasteiger partial charge on any atom is -0.364 e. The molecular weight excluding hydrogens is 268 g/mol. The fourth-order valence-electron chi connectivity index (χ4n) is 2.32. The Hall–Kier alpha value is -2.01. The van der Waals surface area contributed by atoms with Gasteiger partial charge in [-0.15, -0.1) is 11.3 Å². The summed E-state index contributed by atoms with van der Waals surface area (Å²) in [5, 5.41) is 5.57. The van der Waals surface area contributed by atoms with Gasteiger partial charge in [0.15, 0.2) is 0 Å². The number of nitrogens with one attached hydrogen (secondary N) is 1. The van der Waals surface area contributed by atoms with Gasteiger partial charge in [-0.05, 0) is 32.4 Å². The van der Waals surface area contributed by atoms with Gasteiger partial charge in [0.2, 0.25) is 0 Å². The van der Waals surface area contributed by atoms with Gasteiger partial charge in [-0.25, -0.2) is 15.0 Å². The van der Waals surface area contributed by atoms with E-state index in [-0.39, 0.29) is 0 Å². The zero-order valence-corrected chi connectivity index (χ0v) is 12.6. The first-order chi connectivity index (χ1) is 9.65. The van der Waals surface area contributed by atoms with Crippen molar-refractivity contribution in [2.45, 2.75) is 27.3 Å². The first-order valence-corrected chi connectivity index (χ1v) is 7.34. The van der Waals surface area contributed by atoms with E-state index in [1.165, 1.54) is 10.4 Å². The first kappa shape index (κ1) is 13.0. The number of hydrogen-bond donors (Lipinski definition) is 1. The third-order valence-corrected chi connectivity index (χ3v) is 4.22. The molecule has 1 N–H and O–H groups in total. The molecule has 20 heavy (non-hydrogen) atoms. The smallest absolute Gasteiger partial charge is 0.137 e. The zero-order chi connectivity index (χ0) is 14.1. The third kappa shape index (κ3) is 2.36. The van der Waals surface area contributed by atoms with Gasteiger partial charge in [-0.2, -0.15) is 0 Å².